The minimum absolute atomic E-state index is 0.0381. The van der Waals surface area contributed by atoms with Gasteiger partial charge < -0.3 is 14.9 Å². The van der Waals surface area contributed by atoms with E-state index in [1.807, 2.05) is 0 Å². The van der Waals surface area contributed by atoms with Gasteiger partial charge in [-0.25, -0.2) is 4.39 Å². The third-order valence-corrected chi connectivity index (χ3v) is 2.60. The number of carbonyl (C=O) groups is 1. The molecule has 1 aromatic carbocycles. The van der Waals surface area contributed by atoms with E-state index in [9.17, 15) is 33.9 Å². The van der Waals surface area contributed by atoms with Gasteiger partial charge in [-0.15, -0.1) is 0 Å². The monoisotopic (exact) mass is 305 g/mol. The van der Waals surface area contributed by atoms with Crippen LogP contribution >= 0.6 is 0 Å². The Balaban J connectivity index is 3.08. The number of nitro benzene ring substituents is 1. The Labute approximate surface area is 117 Å². The molecule has 0 spiro atoms. The van der Waals surface area contributed by atoms with Crippen LogP contribution in [-0.2, 0) is 9.53 Å². The first-order valence-electron chi connectivity index (χ1n) is 5.93. The molecule has 0 aliphatic carbocycles. The van der Waals surface area contributed by atoms with Gasteiger partial charge in [-0.1, -0.05) is 0 Å². The summed E-state index contributed by atoms with van der Waals surface area (Å²) in [7, 11) is 0. The summed E-state index contributed by atoms with van der Waals surface area (Å²) in [6.45, 7) is 1.56. The van der Waals surface area contributed by atoms with E-state index in [4.69, 9.17) is 0 Å². The molecule has 2 atom stereocenters. The number of rotatable bonds is 6. The van der Waals surface area contributed by atoms with E-state index in [0.717, 1.165) is 0 Å². The van der Waals surface area contributed by atoms with Crippen molar-refractivity contribution >= 4 is 11.7 Å². The van der Waals surface area contributed by atoms with Gasteiger partial charge >= 0.3 is 11.7 Å². The molecule has 0 fully saturated rings. The Kier molecular flexibility index (Phi) is 5.68. The lowest BCUT2D eigenvalue weighted by molar-refractivity contribution is -0.389. The van der Waals surface area contributed by atoms with Crippen molar-refractivity contribution in [3.8, 4) is 0 Å². The molecule has 1 aromatic rings. The van der Waals surface area contributed by atoms with Gasteiger partial charge in [-0.05, 0) is 13.0 Å². The summed E-state index contributed by atoms with van der Waals surface area (Å²) < 4.78 is 31.1. The largest absolute Gasteiger partial charge is 0.466 e. The minimum Gasteiger partial charge on any atom is -0.466 e. The van der Waals surface area contributed by atoms with Crippen molar-refractivity contribution in [2.24, 2.45) is 0 Å². The molecule has 0 heterocycles. The van der Waals surface area contributed by atoms with Gasteiger partial charge in [0.1, 0.15) is 11.9 Å². The van der Waals surface area contributed by atoms with Crippen LogP contribution in [0.5, 0.6) is 0 Å². The number of hydrogen-bond donors (Lipinski definition) is 2. The van der Waals surface area contributed by atoms with Crippen molar-refractivity contribution in [2.75, 3.05) is 6.61 Å². The molecule has 0 aromatic heterocycles. The van der Waals surface area contributed by atoms with Crippen molar-refractivity contribution in [1.29, 1.82) is 0 Å². The predicted molar refractivity (Wildman–Crippen MR) is 65.2 cm³/mol. The molecule has 0 aliphatic heterocycles. The minimum atomic E-state index is -2.01. The number of carbonyl (C=O) groups excluding carboxylic acids is 1. The van der Waals surface area contributed by atoms with Crippen molar-refractivity contribution in [3.05, 3.63) is 39.4 Å². The molecule has 7 nitrogen and oxygen atoms in total. The van der Waals surface area contributed by atoms with Crippen LogP contribution in [0.2, 0.25) is 0 Å². The van der Waals surface area contributed by atoms with E-state index in [0.29, 0.717) is 6.07 Å². The quantitative estimate of drug-likeness (QED) is 0.464. The Morgan fingerprint density at radius 3 is 2.57 bits per heavy atom. The zero-order valence-corrected chi connectivity index (χ0v) is 11.0. The predicted octanol–water partition coefficient (Wildman–Crippen LogP) is 1.22. The molecule has 0 saturated carbocycles. The third-order valence-electron chi connectivity index (χ3n) is 2.60. The number of ether oxygens (including phenoxy) is 1. The molecular formula is C12H13F2NO6. The summed E-state index contributed by atoms with van der Waals surface area (Å²) >= 11 is 0. The number of esters is 1. The summed E-state index contributed by atoms with van der Waals surface area (Å²) in [5, 5.41) is 30.2. The SMILES string of the molecule is CCOC(=O)CC(O)C(O)c1cc(F)cc(F)c1[N+](=O)[O-]. The second-order valence-corrected chi connectivity index (χ2v) is 4.10. The molecule has 0 amide bonds. The Hall–Kier alpha value is -2.13. The fourth-order valence-corrected chi connectivity index (χ4v) is 1.71. The van der Waals surface area contributed by atoms with Crippen LogP contribution in [0, 0.1) is 21.7 Å². The highest BCUT2D eigenvalue weighted by molar-refractivity contribution is 5.70. The summed E-state index contributed by atoms with van der Waals surface area (Å²) in [6.07, 6.45) is -4.49. The fraction of sp³-hybridized carbons (Fsp3) is 0.417. The summed E-state index contributed by atoms with van der Waals surface area (Å²) in [6, 6.07) is 0.812. The number of nitrogens with zero attached hydrogens (tertiary/aromatic N) is 1. The van der Waals surface area contributed by atoms with E-state index < -0.39 is 52.4 Å². The summed E-state index contributed by atoms with van der Waals surface area (Å²) in [5.74, 6) is -3.50. The van der Waals surface area contributed by atoms with Gasteiger partial charge in [0.15, 0.2) is 0 Å². The topological polar surface area (TPSA) is 110 Å². The first-order valence-corrected chi connectivity index (χ1v) is 5.93. The summed E-state index contributed by atoms with van der Waals surface area (Å²) in [4.78, 5) is 20.8. The highest BCUT2D eigenvalue weighted by Gasteiger charge is 2.31. The molecule has 21 heavy (non-hydrogen) atoms. The molecule has 116 valence electrons. The maximum Gasteiger partial charge on any atom is 0.310 e. The normalized spacial score (nSPS) is 13.6. The van der Waals surface area contributed by atoms with Crippen LogP contribution in [0.15, 0.2) is 12.1 Å². The first kappa shape index (κ1) is 16.9. The van der Waals surface area contributed by atoms with Gasteiger partial charge in [-0.3, -0.25) is 14.9 Å². The number of aliphatic hydroxyl groups is 2. The van der Waals surface area contributed by atoms with Gasteiger partial charge in [0.05, 0.1) is 29.6 Å². The highest BCUT2D eigenvalue weighted by atomic mass is 19.1. The molecule has 0 saturated heterocycles. The second kappa shape index (κ2) is 7.04. The summed E-state index contributed by atoms with van der Waals surface area (Å²) in [5.41, 5.74) is -1.92. The van der Waals surface area contributed by atoms with Crippen molar-refractivity contribution in [3.63, 3.8) is 0 Å². The highest BCUT2D eigenvalue weighted by Crippen LogP contribution is 2.31. The van der Waals surface area contributed by atoms with E-state index >= 15 is 0 Å². The third kappa shape index (κ3) is 4.17. The molecule has 1 rings (SSSR count). The van der Waals surface area contributed by atoms with Crippen LogP contribution in [0.4, 0.5) is 14.5 Å². The lowest BCUT2D eigenvalue weighted by Gasteiger charge is -2.17. The lowest BCUT2D eigenvalue weighted by Crippen LogP contribution is -2.24. The molecule has 9 heteroatoms. The van der Waals surface area contributed by atoms with Gasteiger partial charge in [0.25, 0.3) is 0 Å². The second-order valence-electron chi connectivity index (χ2n) is 4.10. The van der Waals surface area contributed by atoms with Gasteiger partial charge in [0.2, 0.25) is 5.82 Å². The maximum atomic E-state index is 13.4. The molecule has 2 unspecified atom stereocenters. The van der Waals surface area contributed by atoms with Crippen LogP contribution in [0.25, 0.3) is 0 Å². The van der Waals surface area contributed by atoms with Crippen LogP contribution in [0.3, 0.4) is 0 Å². The maximum absolute atomic E-state index is 13.4. The average Bonchev–Trinajstić information content (AvgIpc) is 2.36. The standard InChI is InChI=1S/C12H13F2NO6/c1-2-21-10(17)5-9(16)12(18)7-3-6(13)4-8(14)11(7)15(19)20/h3-4,9,12,16,18H,2,5H2,1H3. The van der Waals surface area contributed by atoms with Crippen LogP contribution in [-0.4, -0.2) is 33.8 Å². The van der Waals surface area contributed by atoms with Crippen molar-refractivity contribution in [1.82, 2.24) is 0 Å². The van der Waals surface area contributed by atoms with E-state index in [1.54, 1.807) is 0 Å². The average molecular weight is 305 g/mol. The number of nitro groups is 1. The van der Waals surface area contributed by atoms with E-state index in [-0.39, 0.29) is 12.7 Å². The van der Waals surface area contributed by atoms with Gasteiger partial charge in [0, 0.05) is 6.07 Å². The zero-order valence-electron chi connectivity index (χ0n) is 11.0. The Morgan fingerprint density at radius 2 is 2.05 bits per heavy atom. The Bertz CT molecular complexity index is 551. The van der Waals surface area contributed by atoms with Crippen LogP contribution in [0.1, 0.15) is 25.0 Å². The smallest absolute Gasteiger partial charge is 0.310 e. The lowest BCUT2D eigenvalue weighted by atomic mass is 10.00. The van der Waals surface area contributed by atoms with E-state index in [2.05, 4.69) is 4.74 Å². The zero-order chi connectivity index (χ0) is 16.2. The molecule has 0 radical (unpaired) electrons. The van der Waals surface area contributed by atoms with Crippen molar-refractivity contribution in [2.45, 2.75) is 25.6 Å². The molecule has 2 N–H and O–H groups in total. The van der Waals surface area contributed by atoms with E-state index in [1.165, 1.54) is 6.92 Å². The number of aliphatic hydroxyl groups excluding tert-OH is 2. The Morgan fingerprint density at radius 1 is 1.43 bits per heavy atom. The number of hydrogen-bond acceptors (Lipinski definition) is 6. The molecule has 0 bridgehead atoms. The van der Waals surface area contributed by atoms with Gasteiger partial charge in [-0.2, -0.15) is 4.39 Å². The molecular weight excluding hydrogens is 292 g/mol. The van der Waals surface area contributed by atoms with Crippen molar-refractivity contribution < 1.29 is 33.4 Å². The number of halogens is 2. The number of benzene rings is 1. The molecule has 0 aliphatic rings. The fourth-order valence-electron chi connectivity index (χ4n) is 1.71. The van der Waals surface area contributed by atoms with Crippen LogP contribution < -0.4 is 0 Å². The first-order chi connectivity index (χ1) is 9.77.